The van der Waals surface area contributed by atoms with E-state index in [2.05, 4.69) is 20.2 Å². The van der Waals surface area contributed by atoms with Gasteiger partial charge in [-0.15, -0.1) is 0 Å². The van der Waals surface area contributed by atoms with Gasteiger partial charge in [0.15, 0.2) is 6.04 Å². The molecular weight excluding hydrogens is 694 g/mol. The Morgan fingerprint density at radius 1 is 0.849 bits per heavy atom. The maximum absolute atomic E-state index is 14.7. The number of aromatic nitrogens is 3. The van der Waals surface area contributed by atoms with Gasteiger partial charge in [-0.25, -0.2) is 4.98 Å². The van der Waals surface area contributed by atoms with Crippen molar-refractivity contribution in [3.05, 3.63) is 107 Å². The number of piperidine rings is 2. The van der Waals surface area contributed by atoms with Gasteiger partial charge in [0.25, 0.3) is 5.91 Å². The zero-order chi connectivity index (χ0) is 37.3. The van der Waals surface area contributed by atoms with Gasteiger partial charge < -0.3 is 10.2 Å². The lowest BCUT2D eigenvalue weighted by Gasteiger charge is -2.40. The molecule has 53 heavy (non-hydrogen) atoms. The van der Waals surface area contributed by atoms with Crippen molar-refractivity contribution in [2.75, 3.05) is 26.2 Å². The Balaban J connectivity index is 1.39. The van der Waals surface area contributed by atoms with Crippen molar-refractivity contribution < 1.29 is 31.1 Å². The van der Waals surface area contributed by atoms with Crippen LogP contribution in [0.15, 0.2) is 85.2 Å². The normalized spacial score (nSPS) is 17.3. The van der Waals surface area contributed by atoms with Crippen molar-refractivity contribution in [3.63, 3.8) is 0 Å². The van der Waals surface area contributed by atoms with Gasteiger partial charge in [0, 0.05) is 47.9 Å². The van der Waals surface area contributed by atoms with Gasteiger partial charge in [-0.1, -0.05) is 55.0 Å². The van der Waals surface area contributed by atoms with Crippen molar-refractivity contribution in [2.24, 2.45) is 7.05 Å². The van der Waals surface area contributed by atoms with E-state index >= 15 is 0 Å². The number of rotatable bonds is 8. The first kappa shape index (κ1) is 36.6. The minimum atomic E-state index is -4.85. The number of amides is 1. The average molecular weight is 735 g/mol. The Hall–Kier alpha value is -4.75. The quantitative estimate of drug-likeness (QED) is 0.162. The third kappa shape index (κ3) is 8.11. The van der Waals surface area contributed by atoms with Crippen LogP contribution in [0.5, 0.6) is 0 Å². The number of likely N-dealkylation sites (tertiary alicyclic amines) is 2. The van der Waals surface area contributed by atoms with Crippen LogP contribution >= 0.6 is 0 Å². The van der Waals surface area contributed by atoms with Crippen LogP contribution in [0.3, 0.4) is 0 Å². The molecule has 0 radical (unpaired) electrons. The van der Waals surface area contributed by atoms with Gasteiger partial charge in [-0.05, 0) is 87.3 Å². The number of pyridine rings is 1. The van der Waals surface area contributed by atoms with Gasteiger partial charge in [0.05, 0.1) is 28.5 Å². The highest BCUT2D eigenvalue weighted by Gasteiger charge is 2.43. The summed E-state index contributed by atoms with van der Waals surface area (Å²) < 4.78 is 87.7. The fourth-order valence-electron chi connectivity index (χ4n) is 7.70. The molecule has 2 aromatic heterocycles. The van der Waals surface area contributed by atoms with E-state index in [4.69, 9.17) is 4.98 Å². The van der Waals surface area contributed by atoms with Crippen LogP contribution in [0, 0.1) is 0 Å². The number of benzene rings is 3. The number of hydrogen-bond acceptors (Lipinski definition) is 5. The number of alkyl halides is 6. The fourth-order valence-corrected chi connectivity index (χ4v) is 7.70. The second kappa shape index (κ2) is 14.9. The summed E-state index contributed by atoms with van der Waals surface area (Å²) in [5.41, 5.74) is 1.00. The summed E-state index contributed by atoms with van der Waals surface area (Å²) in [6, 6.07) is 14.9. The van der Waals surface area contributed by atoms with Gasteiger partial charge in [-0.2, -0.15) is 31.4 Å². The maximum Gasteiger partial charge on any atom is 0.416 e. The molecule has 2 aliphatic heterocycles. The van der Waals surface area contributed by atoms with Crippen molar-refractivity contribution in [1.29, 1.82) is 0 Å². The summed E-state index contributed by atoms with van der Waals surface area (Å²) in [5, 5.41) is 6.80. The van der Waals surface area contributed by atoms with Gasteiger partial charge in [0.1, 0.15) is 0 Å². The molecule has 0 saturated carbocycles. The first-order chi connectivity index (χ1) is 25.3. The standard InChI is InChI=1S/C40H40F6N6O/c1-50-24-29(23-47-50)27-13-14-34-32(22-27)35(38(53)49-37(40(44,45)46)26-9-4-2-5-10-26)33(36(48-34)28-11-8-12-30(21-28)39(41,42)43)25-51-19-15-31(16-20-51)52-17-6-3-7-18-52/h2,4-5,8-14,21-24,31,37H,3,6-7,15-20,25H2,1H3,(H,49,53)/t37-/m1/s1. The molecule has 1 atom stereocenters. The molecule has 0 unspecified atom stereocenters. The second-order valence-electron chi connectivity index (χ2n) is 14.0. The van der Waals surface area contributed by atoms with E-state index < -0.39 is 29.9 Å². The highest BCUT2D eigenvalue weighted by molar-refractivity contribution is 6.10. The van der Waals surface area contributed by atoms with E-state index in [0.717, 1.165) is 50.9 Å². The van der Waals surface area contributed by atoms with E-state index in [9.17, 15) is 31.1 Å². The third-order valence-electron chi connectivity index (χ3n) is 10.4. The van der Waals surface area contributed by atoms with E-state index in [1.54, 1.807) is 48.4 Å². The summed E-state index contributed by atoms with van der Waals surface area (Å²) in [7, 11) is 1.75. The largest absolute Gasteiger partial charge is 0.416 e. The smallest absolute Gasteiger partial charge is 0.337 e. The SMILES string of the molecule is Cn1cc(-c2ccc3nc(-c4cccc(C(F)(F)F)c4)c(CN4CCC(N5CCCCC5)CC4)c(C(=O)N[C@H](c4ccccc4)C(F)(F)F)c3c2)cn1. The number of carbonyl (C=O) groups excluding carboxylic acids is 1. The molecule has 0 aliphatic carbocycles. The number of aryl methyl sites for hydroxylation is 1. The molecule has 2 fully saturated rings. The molecule has 2 aliphatic rings. The number of halogens is 6. The van der Waals surface area contributed by atoms with E-state index in [0.29, 0.717) is 30.3 Å². The number of nitrogens with zero attached hydrogens (tertiary/aromatic N) is 5. The van der Waals surface area contributed by atoms with Crippen LogP contribution in [-0.2, 0) is 19.8 Å². The minimum Gasteiger partial charge on any atom is -0.337 e. The van der Waals surface area contributed by atoms with Crippen LogP contribution in [-0.4, -0.2) is 68.9 Å². The summed E-state index contributed by atoms with van der Waals surface area (Å²) in [4.78, 5) is 24.1. The first-order valence-electron chi connectivity index (χ1n) is 17.9. The molecule has 2 saturated heterocycles. The topological polar surface area (TPSA) is 66.3 Å². The van der Waals surface area contributed by atoms with Crippen LogP contribution in [0.4, 0.5) is 26.3 Å². The lowest BCUT2D eigenvalue weighted by molar-refractivity contribution is -0.155. The molecule has 278 valence electrons. The number of carbonyl (C=O) groups is 1. The fraction of sp³-hybridized carbons (Fsp3) is 0.375. The molecule has 0 bridgehead atoms. The van der Waals surface area contributed by atoms with Crippen molar-refractivity contribution in [2.45, 2.75) is 63.1 Å². The van der Waals surface area contributed by atoms with Crippen LogP contribution in [0.2, 0.25) is 0 Å². The first-order valence-corrected chi connectivity index (χ1v) is 17.9. The zero-order valence-corrected chi connectivity index (χ0v) is 29.2. The van der Waals surface area contributed by atoms with Crippen LogP contribution in [0.25, 0.3) is 33.3 Å². The minimum absolute atomic E-state index is 0.0588. The summed E-state index contributed by atoms with van der Waals surface area (Å²) >= 11 is 0. The Bertz CT molecular complexity index is 2060. The van der Waals surface area contributed by atoms with Crippen LogP contribution < -0.4 is 5.32 Å². The number of fused-ring (bicyclic) bond motifs is 1. The van der Waals surface area contributed by atoms with E-state index in [-0.39, 0.29) is 45.4 Å². The number of nitrogens with one attached hydrogen (secondary N) is 1. The predicted octanol–water partition coefficient (Wildman–Crippen LogP) is 8.80. The highest BCUT2D eigenvalue weighted by atomic mass is 19.4. The predicted molar refractivity (Wildman–Crippen MR) is 191 cm³/mol. The molecule has 7 nitrogen and oxygen atoms in total. The Morgan fingerprint density at radius 3 is 2.25 bits per heavy atom. The molecule has 5 aromatic rings. The monoisotopic (exact) mass is 734 g/mol. The molecule has 3 aromatic carbocycles. The Labute approximate surface area is 303 Å². The average Bonchev–Trinajstić information content (AvgIpc) is 3.59. The van der Waals surface area contributed by atoms with E-state index in [1.807, 2.05) is 0 Å². The Morgan fingerprint density at radius 2 is 1.58 bits per heavy atom. The summed E-state index contributed by atoms with van der Waals surface area (Å²) in [6.07, 6.45) is -0.848. The third-order valence-corrected chi connectivity index (χ3v) is 10.4. The zero-order valence-electron chi connectivity index (χ0n) is 29.2. The summed E-state index contributed by atoms with van der Waals surface area (Å²) in [5.74, 6) is -1.00. The van der Waals surface area contributed by atoms with Gasteiger partial charge >= 0.3 is 12.4 Å². The van der Waals surface area contributed by atoms with E-state index in [1.165, 1.54) is 42.8 Å². The second-order valence-corrected chi connectivity index (χ2v) is 14.0. The molecule has 1 amide bonds. The van der Waals surface area contributed by atoms with Crippen LogP contribution in [0.1, 0.15) is 65.2 Å². The molecule has 7 rings (SSSR count). The molecular formula is C40H40F6N6O. The van der Waals surface area contributed by atoms with Crippen molar-refractivity contribution >= 4 is 16.8 Å². The molecule has 0 spiro atoms. The maximum atomic E-state index is 14.7. The Kier molecular flexibility index (Phi) is 10.3. The van der Waals surface area contributed by atoms with Crippen molar-refractivity contribution in [1.82, 2.24) is 29.9 Å². The molecule has 1 N–H and O–H groups in total. The number of hydrogen-bond donors (Lipinski definition) is 1. The lowest BCUT2D eigenvalue weighted by Crippen LogP contribution is -2.46. The highest BCUT2D eigenvalue weighted by Crippen LogP contribution is 2.39. The van der Waals surface area contributed by atoms with Gasteiger partial charge in [-0.3, -0.25) is 14.4 Å². The lowest BCUT2D eigenvalue weighted by atomic mass is 9.92. The van der Waals surface area contributed by atoms with Gasteiger partial charge in [0.2, 0.25) is 0 Å². The molecule has 13 heteroatoms. The summed E-state index contributed by atoms with van der Waals surface area (Å²) in [6.45, 7) is 3.48. The molecule has 4 heterocycles. The van der Waals surface area contributed by atoms with Crippen molar-refractivity contribution in [3.8, 4) is 22.4 Å².